The third-order valence-corrected chi connectivity index (χ3v) is 2.82. The van der Waals surface area contributed by atoms with E-state index in [4.69, 9.17) is 9.63 Å². The largest absolute Gasteiger partial charge is 0.481 e. The maximum Gasteiger partial charge on any atom is 0.305 e. The van der Waals surface area contributed by atoms with Crippen molar-refractivity contribution in [2.75, 3.05) is 19.6 Å². The van der Waals surface area contributed by atoms with Gasteiger partial charge in [-0.3, -0.25) is 4.79 Å². The molecule has 2 heterocycles. The summed E-state index contributed by atoms with van der Waals surface area (Å²) in [7, 11) is 0. The van der Waals surface area contributed by atoms with Gasteiger partial charge in [-0.05, 0) is 6.92 Å². The molecule has 7 nitrogen and oxygen atoms in total. The van der Waals surface area contributed by atoms with Gasteiger partial charge in [0.05, 0.1) is 12.0 Å². The maximum absolute atomic E-state index is 10.7. The lowest BCUT2D eigenvalue weighted by atomic mass is 9.88. The van der Waals surface area contributed by atoms with E-state index in [1.54, 1.807) is 6.92 Å². The summed E-state index contributed by atoms with van der Waals surface area (Å²) < 4.78 is 4.98. The van der Waals surface area contributed by atoms with Crippen LogP contribution < -0.4 is 10.6 Å². The van der Waals surface area contributed by atoms with E-state index in [1.807, 2.05) is 0 Å². The molecule has 1 aliphatic rings. The summed E-state index contributed by atoms with van der Waals surface area (Å²) in [4.78, 5) is 14.8. The predicted octanol–water partition coefficient (Wildman–Crippen LogP) is -0.673. The lowest BCUT2D eigenvalue weighted by Crippen LogP contribution is -2.68. The molecule has 1 fully saturated rings. The SMILES string of the molecule is Cc1noc(CCNC2(CC(=O)O)CNC2)n1. The van der Waals surface area contributed by atoms with Crippen molar-refractivity contribution in [3.8, 4) is 0 Å². The van der Waals surface area contributed by atoms with E-state index in [2.05, 4.69) is 20.8 Å². The van der Waals surface area contributed by atoms with Crippen molar-refractivity contribution in [2.45, 2.75) is 25.3 Å². The highest BCUT2D eigenvalue weighted by Gasteiger charge is 2.38. The highest BCUT2D eigenvalue weighted by atomic mass is 16.5. The monoisotopic (exact) mass is 240 g/mol. The van der Waals surface area contributed by atoms with Crippen LogP contribution in [-0.4, -0.2) is 46.4 Å². The van der Waals surface area contributed by atoms with Crippen LogP contribution >= 0.6 is 0 Å². The van der Waals surface area contributed by atoms with E-state index >= 15 is 0 Å². The van der Waals surface area contributed by atoms with Gasteiger partial charge >= 0.3 is 5.97 Å². The Hall–Kier alpha value is -1.47. The average Bonchev–Trinajstić information content (AvgIpc) is 2.60. The summed E-state index contributed by atoms with van der Waals surface area (Å²) in [6.07, 6.45) is 0.741. The second-order valence-electron chi connectivity index (χ2n) is 4.37. The molecule has 0 saturated carbocycles. The first kappa shape index (κ1) is 12.0. The Morgan fingerprint density at radius 3 is 2.88 bits per heavy atom. The fraction of sp³-hybridized carbons (Fsp3) is 0.700. The second kappa shape index (κ2) is 4.80. The molecular weight excluding hydrogens is 224 g/mol. The standard InChI is InChI=1S/C10H16N4O3/c1-7-13-8(17-14-7)2-3-12-10(4-9(15)16)5-11-6-10/h11-12H,2-6H2,1H3,(H,15,16). The highest BCUT2D eigenvalue weighted by Crippen LogP contribution is 2.15. The van der Waals surface area contributed by atoms with Crippen molar-refractivity contribution < 1.29 is 14.4 Å². The first-order chi connectivity index (χ1) is 8.10. The Balaban J connectivity index is 1.78. The van der Waals surface area contributed by atoms with Crippen LogP contribution in [0.5, 0.6) is 0 Å². The van der Waals surface area contributed by atoms with E-state index in [0.29, 0.717) is 37.8 Å². The number of aryl methyl sites for hydroxylation is 1. The van der Waals surface area contributed by atoms with Gasteiger partial charge < -0.3 is 20.3 Å². The van der Waals surface area contributed by atoms with Gasteiger partial charge in [-0.2, -0.15) is 4.98 Å². The Kier molecular flexibility index (Phi) is 3.39. The molecule has 2 rings (SSSR count). The first-order valence-electron chi connectivity index (χ1n) is 5.56. The molecule has 0 atom stereocenters. The predicted molar refractivity (Wildman–Crippen MR) is 58.6 cm³/mol. The molecule has 0 radical (unpaired) electrons. The van der Waals surface area contributed by atoms with Crippen LogP contribution in [0.2, 0.25) is 0 Å². The van der Waals surface area contributed by atoms with Crippen LogP contribution in [0.4, 0.5) is 0 Å². The van der Waals surface area contributed by atoms with Crippen molar-refractivity contribution in [3.63, 3.8) is 0 Å². The van der Waals surface area contributed by atoms with Gasteiger partial charge in [0.15, 0.2) is 5.82 Å². The number of carboxylic acids is 1. The number of aromatic nitrogens is 2. The van der Waals surface area contributed by atoms with Gasteiger partial charge in [0, 0.05) is 26.1 Å². The van der Waals surface area contributed by atoms with Crippen molar-refractivity contribution in [2.24, 2.45) is 0 Å². The first-order valence-corrected chi connectivity index (χ1v) is 5.56. The Bertz CT molecular complexity index is 400. The van der Waals surface area contributed by atoms with Crippen molar-refractivity contribution in [1.82, 2.24) is 20.8 Å². The Morgan fingerprint density at radius 2 is 2.41 bits per heavy atom. The molecule has 1 aromatic rings. The topological polar surface area (TPSA) is 100 Å². The Labute approximate surface area is 98.6 Å². The summed E-state index contributed by atoms with van der Waals surface area (Å²) in [6.45, 7) is 3.77. The van der Waals surface area contributed by atoms with E-state index in [9.17, 15) is 4.79 Å². The van der Waals surface area contributed by atoms with E-state index < -0.39 is 5.97 Å². The number of nitrogens with one attached hydrogen (secondary N) is 2. The van der Waals surface area contributed by atoms with Crippen LogP contribution in [-0.2, 0) is 11.2 Å². The average molecular weight is 240 g/mol. The zero-order valence-corrected chi connectivity index (χ0v) is 9.69. The molecule has 94 valence electrons. The highest BCUT2D eigenvalue weighted by molar-refractivity contribution is 5.68. The van der Waals surface area contributed by atoms with Gasteiger partial charge in [0.25, 0.3) is 0 Å². The van der Waals surface area contributed by atoms with Crippen LogP contribution in [0.3, 0.4) is 0 Å². The quantitative estimate of drug-likeness (QED) is 0.606. The minimum atomic E-state index is -0.785. The van der Waals surface area contributed by atoms with Gasteiger partial charge in [0.2, 0.25) is 5.89 Å². The second-order valence-corrected chi connectivity index (χ2v) is 4.37. The minimum absolute atomic E-state index is 0.128. The lowest BCUT2D eigenvalue weighted by Gasteiger charge is -2.42. The summed E-state index contributed by atoms with van der Waals surface area (Å²) in [5.41, 5.74) is -0.319. The van der Waals surface area contributed by atoms with Crippen molar-refractivity contribution in [1.29, 1.82) is 0 Å². The number of rotatable bonds is 6. The minimum Gasteiger partial charge on any atom is -0.481 e. The van der Waals surface area contributed by atoms with Gasteiger partial charge in [-0.25, -0.2) is 0 Å². The third-order valence-electron chi connectivity index (χ3n) is 2.82. The number of carbonyl (C=O) groups is 1. The number of carboxylic acid groups (broad SMARTS) is 1. The fourth-order valence-corrected chi connectivity index (χ4v) is 1.90. The number of nitrogens with zero attached hydrogens (tertiary/aromatic N) is 2. The summed E-state index contributed by atoms with van der Waals surface area (Å²) in [5.74, 6) is 0.408. The number of hydrogen-bond donors (Lipinski definition) is 3. The van der Waals surface area contributed by atoms with E-state index in [0.717, 1.165) is 0 Å². The van der Waals surface area contributed by atoms with Gasteiger partial charge in [0.1, 0.15) is 0 Å². The maximum atomic E-state index is 10.7. The van der Waals surface area contributed by atoms with E-state index in [-0.39, 0.29) is 12.0 Å². The molecule has 7 heteroatoms. The lowest BCUT2D eigenvalue weighted by molar-refractivity contribution is -0.139. The summed E-state index contributed by atoms with van der Waals surface area (Å²) in [5, 5.41) is 18.9. The van der Waals surface area contributed by atoms with Gasteiger partial charge in [-0.15, -0.1) is 0 Å². The molecule has 17 heavy (non-hydrogen) atoms. The van der Waals surface area contributed by atoms with Crippen LogP contribution in [0.1, 0.15) is 18.1 Å². The molecule has 1 aromatic heterocycles. The summed E-state index contributed by atoms with van der Waals surface area (Å²) >= 11 is 0. The van der Waals surface area contributed by atoms with Gasteiger partial charge in [-0.1, -0.05) is 5.16 Å². The fourth-order valence-electron chi connectivity index (χ4n) is 1.90. The van der Waals surface area contributed by atoms with Crippen LogP contribution in [0.25, 0.3) is 0 Å². The number of hydrogen-bond acceptors (Lipinski definition) is 6. The van der Waals surface area contributed by atoms with Crippen molar-refractivity contribution >= 4 is 5.97 Å². The normalized spacial score (nSPS) is 17.7. The zero-order valence-electron chi connectivity index (χ0n) is 9.69. The molecular formula is C10H16N4O3. The van der Waals surface area contributed by atoms with Crippen molar-refractivity contribution in [3.05, 3.63) is 11.7 Å². The zero-order chi connectivity index (χ0) is 12.3. The molecule has 3 N–H and O–H groups in total. The molecule has 0 aliphatic carbocycles. The molecule has 0 amide bonds. The van der Waals surface area contributed by atoms with Crippen LogP contribution in [0.15, 0.2) is 4.52 Å². The van der Waals surface area contributed by atoms with E-state index in [1.165, 1.54) is 0 Å². The molecule has 0 aromatic carbocycles. The molecule has 0 unspecified atom stereocenters. The molecule has 0 spiro atoms. The van der Waals surface area contributed by atoms with Crippen LogP contribution in [0, 0.1) is 6.92 Å². The Morgan fingerprint density at radius 1 is 1.65 bits per heavy atom. The number of aliphatic carboxylic acids is 1. The molecule has 1 saturated heterocycles. The summed E-state index contributed by atoms with van der Waals surface area (Å²) in [6, 6.07) is 0. The molecule has 1 aliphatic heterocycles. The molecule has 0 bridgehead atoms. The third kappa shape index (κ3) is 3.01. The smallest absolute Gasteiger partial charge is 0.305 e.